The number of nitrogens with zero attached hydrogens (tertiary/aromatic N) is 1. The molecule has 0 fully saturated rings. The molecular formula is C33H46BrFN2O2S. The van der Waals surface area contributed by atoms with Crippen molar-refractivity contribution in [3.05, 3.63) is 76.0 Å². The highest BCUT2D eigenvalue weighted by molar-refractivity contribution is 7.09. The van der Waals surface area contributed by atoms with Gasteiger partial charge in [-0.1, -0.05) is 113 Å². The van der Waals surface area contributed by atoms with Crippen LogP contribution in [0.4, 0.5) is 10.1 Å². The van der Waals surface area contributed by atoms with Gasteiger partial charge in [0.15, 0.2) is 24.3 Å². The molecule has 0 aliphatic rings. The van der Waals surface area contributed by atoms with E-state index in [1.807, 2.05) is 24.3 Å². The predicted molar refractivity (Wildman–Crippen MR) is 160 cm³/mol. The summed E-state index contributed by atoms with van der Waals surface area (Å²) >= 11 is 1.71. The van der Waals surface area contributed by atoms with Gasteiger partial charge in [0.25, 0.3) is 0 Å². The van der Waals surface area contributed by atoms with Crippen LogP contribution in [0.15, 0.2) is 54.0 Å². The zero-order chi connectivity index (χ0) is 27.7. The molecule has 3 rings (SSSR count). The van der Waals surface area contributed by atoms with Gasteiger partial charge in [0.1, 0.15) is 0 Å². The third kappa shape index (κ3) is 12.5. The first kappa shape index (κ1) is 34.0. The predicted octanol–water partition coefficient (Wildman–Crippen LogP) is 5.80. The molecule has 0 saturated heterocycles. The fourth-order valence-electron chi connectivity index (χ4n) is 4.83. The molecule has 2 aromatic carbocycles. The number of hydrogen-bond acceptors (Lipinski definition) is 3. The Kier molecular flexibility index (Phi) is 16.8. The summed E-state index contributed by atoms with van der Waals surface area (Å²) in [6.45, 7) is 5.57. The van der Waals surface area contributed by atoms with E-state index in [4.69, 9.17) is 4.74 Å². The number of amides is 1. The van der Waals surface area contributed by atoms with E-state index < -0.39 is 5.82 Å². The highest BCUT2D eigenvalue weighted by Gasteiger charge is 2.15. The van der Waals surface area contributed by atoms with Crippen molar-refractivity contribution < 1.29 is 35.5 Å². The SMILES string of the molecule is CCCCCCCCCCCCCCOc1c(F)cccc1CC(=O)Nc1cccc(C[n+]2ccsc2C)c1.[Br-]. The summed E-state index contributed by atoms with van der Waals surface area (Å²) in [5.41, 5.74) is 2.42. The van der Waals surface area contributed by atoms with E-state index in [1.165, 1.54) is 75.3 Å². The number of unbranched alkanes of at least 4 members (excludes halogenated alkanes) is 11. The van der Waals surface area contributed by atoms with E-state index >= 15 is 0 Å². The molecule has 0 aliphatic heterocycles. The lowest BCUT2D eigenvalue weighted by Crippen LogP contribution is -3.00. The Hall–Kier alpha value is -2.25. The fraction of sp³-hybridized carbons (Fsp3) is 0.515. The second-order valence-electron chi connectivity index (χ2n) is 10.4. The van der Waals surface area contributed by atoms with E-state index in [0.29, 0.717) is 12.2 Å². The summed E-state index contributed by atoms with van der Waals surface area (Å²) in [5.74, 6) is -0.398. The smallest absolute Gasteiger partial charge is 0.234 e. The van der Waals surface area contributed by atoms with Gasteiger partial charge in [0, 0.05) is 23.7 Å². The Bertz CT molecular complexity index is 1140. The molecule has 7 heteroatoms. The van der Waals surface area contributed by atoms with E-state index in [9.17, 15) is 9.18 Å². The Morgan fingerprint density at radius 3 is 2.23 bits per heavy atom. The number of nitrogens with one attached hydrogen (secondary N) is 1. The summed E-state index contributed by atoms with van der Waals surface area (Å²) < 4.78 is 22.6. The van der Waals surface area contributed by atoms with E-state index in [0.717, 1.165) is 30.6 Å². The van der Waals surface area contributed by atoms with Crippen LogP contribution >= 0.6 is 11.3 Å². The lowest BCUT2D eigenvalue weighted by molar-refractivity contribution is -0.689. The van der Waals surface area contributed by atoms with Gasteiger partial charge in [-0.25, -0.2) is 4.39 Å². The highest BCUT2D eigenvalue weighted by Crippen LogP contribution is 2.24. The van der Waals surface area contributed by atoms with Crippen LogP contribution in [0.2, 0.25) is 0 Å². The fourth-order valence-corrected chi connectivity index (χ4v) is 5.50. The molecule has 0 unspecified atom stereocenters. The number of para-hydroxylation sites is 1. The lowest BCUT2D eigenvalue weighted by atomic mass is 10.1. The Morgan fingerprint density at radius 1 is 0.925 bits per heavy atom. The van der Waals surface area contributed by atoms with Crippen molar-refractivity contribution >= 4 is 22.9 Å². The van der Waals surface area contributed by atoms with E-state index in [-0.39, 0.29) is 35.1 Å². The minimum atomic E-state index is -0.413. The summed E-state index contributed by atoms with van der Waals surface area (Å²) in [7, 11) is 0. The van der Waals surface area contributed by atoms with Gasteiger partial charge in [-0.3, -0.25) is 4.79 Å². The van der Waals surface area contributed by atoms with Crippen LogP contribution in [0.1, 0.15) is 100 Å². The molecule has 3 aromatic rings. The largest absolute Gasteiger partial charge is 1.00 e. The van der Waals surface area contributed by atoms with Gasteiger partial charge in [-0.15, -0.1) is 0 Å². The number of rotatable bonds is 19. The first-order valence-corrected chi connectivity index (χ1v) is 15.7. The molecule has 1 aromatic heterocycles. The maximum absolute atomic E-state index is 14.6. The minimum absolute atomic E-state index is 0. The second-order valence-corrected chi connectivity index (χ2v) is 11.5. The summed E-state index contributed by atoms with van der Waals surface area (Å²) in [5, 5.41) is 6.26. The van der Waals surface area contributed by atoms with Crippen molar-refractivity contribution in [2.45, 2.75) is 104 Å². The number of anilines is 1. The molecule has 0 atom stereocenters. The minimum Gasteiger partial charge on any atom is -1.00 e. The lowest BCUT2D eigenvalue weighted by Gasteiger charge is -2.13. The monoisotopic (exact) mass is 632 g/mol. The second kappa shape index (κ2) is 19.8. The van der Waals surface area contributed by atoms with Crippen LogP contribution in [-0.4, -0.2) is 12.5 Å². The number of aryl methyl sites for hydroxylation is 1. The summed E-state index contributed by atoms with van der Waals surface area (Å²) in [4.78, 5) is 12.8. The third-order valence-electron chi connectivity index (χ3n) is 7.09. The van der Waals surface area contributed by atoms with Crippen molar-refractivity contribution in [2.75, 3.05) is 11.9 Å². The molecular weight excluding hydrogens is 587 g/mol. The van der Waals surface area contributed by atoms with Gasteiger partial charge in [-0.05, 0) is 24.6 Å². The van der Waals surface area contributed by atoms with Crippen LogP contribution in [0.3, 0.4) is 0 Å². The molecule has 0 saturated carbocycles. The van der Waals surface area contributed by atoms with Gasteiger partial charge < -0.3 is 27.0 Å². The molecule has 1 N–H and O–H groups in total. The molecule has 0 spiro atoms. The Labute approximate surface area is 255 Å². The van der Waals surface area contributed by atoms with Crippen molar-refractivity contribution in [3.63, 3.8) is 0 Å². The highest BCUT2D eigenvalue weighted by atomic mass is 79.9. The quantitative estimate of drug-likeness (QED) is 0.134. The van der Waals surface area contributed by atoms with Crippen LogP contribution in [0.25, 0.3) is 0 Å². The average molecular weight is 634 g/mol. The average Bonchev–Trinajstić information content (AvgIpc) is 3.32. The molecule has 40 heavy (non-hydrogen) atoms. The number of ether oxygens (including phenoxy) is 1. The van der Waals surface area contributed by atoms with Crippen LogP contribution in [0, 0.1) is 12.7 Å². The number of benzene rings is 2. The normalized spacial score (nSPS) is 10.8. The zero-order valence-corrected chi connectivity index (χ0v) is 26.6. The molecule has 0 radical (unpaired) electrons. The number of thiazole rings is 1. The van der Waals surface area contributed by atoms with Gasteiger partial charge in [0.2, 0.25) is 10.9 Å². The van der Waals surface area contributed by atoms with Gasteiger partial charge >= 0.3 is 0 Å². The molecule has 0 aliphatic carbocycles. The van der Waals surface area contributed by atoms with Crippen molar-refractivity contribution in [1.29, 1.82) is 0 Å². The van der Waals surface area contributed by atoms with Crippen LogP contribution < -0.4 is 31.6 Å². The van der Waals surface area contributed by atoms with Crippen LogP contribution in [-0.2, 0) is 17.8 Å². The number of aromatic nitrogens is 1. The third-order valence-corrected chi connectivity index (χ3v) is 7.92. The van der Waals surface area contributed by atoms with Crippen LogP contribution in [0.5, 0.6) is 5.75 Å². The Balaban J connectivity index is 0.00000560. The van der Waals surface area contributed by atoms with Gasteiger partial charge in [0.05, 0.1) is 18.4 Å². The standard InChI is InChI=1S/C33H45FN2O2S.BrH/c1-3-4-5-6-7-8-9-10-11-12-13-14-22-38-33-29(18-16-20-31(33)34)25-32(37)35-30-19-15-17-28(24-30)26-36-21-23-39-27(36)2;/h15-21,23-24H,3-14,22,25-26H2,1-2H3;1H. The molecule has 1 heterocycles. The first-order valence-electron chi connectivity index (χ1n) is 14.8. The molecule has 4 nitrogen and oxygen atoms in total. The summed E-state index contributed by atoms with van der Waals surface area (Å²) in [6.07, 6.45) is 17.4. The van der Waals surface area contributed by atoms with Gasteiger partial charge in [-0.2, -0.15) is 4.57 Å². The topological polar surface area (TPSA) is 42.2 Å². The zero-order valence-electron chi connectivity index (χ0n) is 24.2. The molecule has 220 valence electrons. The Morgan fingerprint density at radius 2 is 1.57 bits per heavy atom. The summed E-state index contributed by atoms with van der Waals surface area (Å²) in [6, 6.07) is 12.7. The maximum Gasteiger partial charge on any atom is 0.234 e. The van der Waals surface area contributed by atoms with Crippen molar-refractivity contribution in [1.82, 2.24) is 0 Å². The van der Waals surface area contributed by atoms with E-state index in [1.54, 1.807) is 23.5 Å². The molecule has 0 bridgehead atoms. The number of hydrogen-bond donors (Lipinski definition) is 1. The maximum atomic E-state index is 14.6. The van der Waals surface area contributed by atoms with Crippen molar-refractivity contribution in [3.8, 4) is 5.75 Å². The first-order chi connectivity index (χ1) is 19.1. The number of carbonyl (C=O) groups excluding carboxylic acids is 1. The molecule has 1 amide bonds. The number of carbonyl (C=O) groups is 1. The van der Waals surface area contributed by atoms with Crippen molar-refractivity contribution in [2.24, 2.45) is 0 Å². The number of halogens is 2. The van der Waals surface area contributed by atoms with E-state index in [2.05, 4.69) is 35.3 Å².